The molecule has 1 aliphatic heterocycles. The third-order valence-corrected chi connectivity index (χ3v) is 3.83. The van der Waals surface area contributed by atoms with E-state index in [0.29, 0.717) is 17.9 Å². The van der Waals surface area contributed by atoms with Gasteiger partial charge < -0.3 is 9.47 Å². The van der Waals surface area contributed by atoms with Gasteiger partial charge in [-0.15, -0.1) is 11.3 Å². The number of thiazole rings is 1. The first kappa shape index (κ1) is 12.2. The first-order valence-corrected chi connectivity index (χ1v) is 6.92. The Morgan fingerprint density at radius 2 is 2.21 bits per heavy atom. The molecule has 5 heteroatoms. The lowest BCUT2D eigenvalue weighted by molar-refractivity contribution is -0.127. The predicted octanol–water partition coefficient (Wildman–Crippen LogP) is 2.40. The number of ketones is 1. The Bertz CT molecular complexity index is 608. The van der Waals surface area contributed by atoms with E-state index in [0.717, 1.165) is 10.7 Å². The second kappa shape index (κ2) is 5.01. The van der Waals surface area contributed by atoms with Crippen LogP contribution in [0.4, 0.5) is 0 Å². The highest BCUT2D eigenvalue weighted by atomic mass is 32.1. The first-order valence-electron chi connectivity index (χ1n) is 6.04. The lowest BCUT2D eigenvalue weighted by atomic mass is 10.1. The average molecular weight is 275 g/mol. The third-order valence-electron chi connectivity index (χ3n) is 2.86. The number of benzene rings is 1. The smallest absolute Gasteiger partial charge is 0.191 e. The van der Waals surface area contributed by atoms with Gasteiger partial charge >= 0.3 is 0 Å². The molecular formula is C14H13NO3S. The molecule has 98 valence electrons. The molecule has 1 atom stereocenters. The summed E-state index contributed by atoms with van der Waals surface area (Å²) in [4.78, 5) is 16.4. The molecule has 0 saturated heterocycles. The number of hydrogen-bond donors (Lipinski definition) is 0. The number of aromatic nitrogens is 1. The molecule has 1 aliphatic rings. The number of ether oxygens (including phenoxy) is 2. The Hall–Kier alpha value is -1.88. The number of para-hydroxylation sites is 2. The van der Waals surface area contributed by atoms with Crippen LogP contribution in [-0.4, -0.2) is 23.5 Å². The SMILES string of the molecule is Cc1csc(CC(=O)C2COc3ccccc3O2)n1. The molecule has 0 aliphatic carbocycles. The van der Waals surface area contributed by atoms with Crippen molar-refractivity contribution in [3.8, 4) is 11.5 Å². The Balaban J connectivity index is 1.69. The third kappa shape index (κ3) is 2.61. The van der Waals surface area contributed by atoms with Gasteiger partial charge in [-0.05, 0) is 19.1 Å². The molecule has 0 spiro atoms. The minimum Gasteiger partial charge on any atom is -0.485 e. The quantitative estimate of drug-likeness (QED) is 0.863. The van der Waals surface area contributed by atoms with E-state index in [-0.39, 0.29) is 12.4 Å². The summed E-state index contributed by atoms with van der Waals surface area (Å²) in [6, 6.07) is 7.38. The number of hydrogen-bond acceptors (Lipinski definition) is 5. The summed E-state index contributed by atoms with van der Waals surface area (Å²) in [5.74, 6) is 1.32. The van der Waals surface area contributed by atoms with Gasteiger partial charge in [0.25, 0.3) is 0 Å². The molecule has 2 heterocycles. The molecule has 0 amide bonds. The Kier molecular flexibility index (Phi) is 3.21. The van der Waals surface area contributed by atoms with Gasteiger partial charge in [0.05, 0.1) is 6.42 Å². The van der Waals surface area contributed by atoms with Gasteiger partial charge in [0, 0.05) is 11.1 Å². The fourth-order valence-electron chi connectivity index (χ4n) is 1.92. The topological polar surface area (TPSA) is 48.4 Å². The van der Waals surface area contributed by atoms with Crippen LogP contribution in [0.15, 0.2) is 29.6 Å². The highest BCUT2D eigenvalue weighted by Crippen LogP contribution is 2.31. The van der Waals surface area contributed by atoms with Crippen LogP contribution in [0, 0.1) is 6.92 Å². The Morgan fingerprint density at radius 1 is 1.42 bits per heavy atom. The summed E-state index contributed by atoms with van der Waals surface area (Å²) < 4.78 is 11.2. The molecule has 0 bridgehead atoms. The van der Waals surface area contributed by atoms with E-state index in [1.54, 1.807) is 0 Å². The number of nitrogens with zero attached hydrogens (tertiary/aromatic N) is 1. The molecule has 0 radical (unpaired) electrons. The second-order valence-electron chi connectivity index (χ2n) is 4.39. The predicted molar refractivity (Wildman–Crippen MR) is 71.9 cm³/mol. The molecule has 1 unspecified atom stereocenters. The van der Waals surface area contributed by atoms with Crippen LogP contribution in [0.25, 0.3) is 0 Å². The van der Waals surface area contributed by atoms with E-state index in [1.807, 2.05) is 36.6 Å². The minimum absolute atomic E-state index is 0.00357. The van der Waals surface area contributed by atoms with Crippen LogP contribution in [-0.2, 0) is 11.2 Å². The Morgan fingerprint density at radius 3 is 2.95 bits per heavy atom. The van der Waals surface area contributed by atoms with Gasteiger partial charge in [-0.1, -0.05) is 12.1 Å². The summed E-state index contributed by atoms with van der Waals surface area (Å²) in [6.07, 6.45) is -0.242. The standard InChI is InChI=1S/C14H13NO3S/c1-9-8-19-14(15-9)6-10(16)13-7-17-11-4-2-3-5-12(11)18-13/h2-5,8,13H,6-7H2,1H3. The van der Waals surface area contributed by atoms with Gasteiger partial charge in [-0.25, -0.2) is 4.98 Å². The van der Waals surface area contributed by atoms with E-state index in [2.05, 4.69) is 4.98 Å². The van der Waals surface area contributed by atoms with Crippen molar-refractivity contribution in [1.29, 1.82) is 0 Å². The molecule has 1 aromatic carbocycles. The maximum Gasteiger partial charge on any atom is 0.191 e. The van der Waals surface area contributed by atoms with Crippen LogP contribution < -0.4 is 9.47 Å². The highest BCUT2D eigenvalue weighted by molar-refractivity contribution is 7.09. The van der Waals surface area contributed by atoms with Crippen molar-refractivity contribution in [1.82, 2.24) is 4.98 Å². The van der Waals surface area contributed by atoms with Crippen molar-refractivity contribution in [2.75, 3.05) is 6.61 Å². The van der Waals surface area contributed by atoms with Crippen molar-refractivity contribution >= 4 is 17.1 Å². The lowest BCUT2D eigenvalue weighted by Crippen LogP contribution is -2.37. The zero-order chi connectivity index (χ0) is 13.2. The van der Waals surface area contributed by atoms with E-state index in [1.165, 1.54) is 11.3 Å². The van der Waals surface area contributed by atoms with Gasteiger partial charge in [-0.3, -0.25) is 4.79 Å². The molecule has 2 aromatic rings. The maximum atomic E-state index is 12.1. The molecule has 3 rings (SSSR count). The van der Waals surface area contributed by atoms with Crippen LogP contribution in [0.2, 0.25) is 0 Å². The van der Waals surface area contributed by atoms with Crippen molar-refractivity contribution in [2.45, 2.75) is 19.4 Å². The van der Waals surface area contributed by atoms with Crippen molar-refractivity contribution in [2.24, 2.45) is 0 Å². The maximum absolute atomic E-state index is 12.1. The summed E-state index contributed by atoms with van der Waals surface area (Å²) in [5.41, 5.74) is 0.943. The van der Waals surface area contributed by atoms with Crippen LogP contribution >= 0.6 is 11.3 Å². The summed E-state index contributed by atoms with van der Waals surface area (Å²) in [6.45, 7) is 2.18. The van der Waals surface area contributed by atoms with E-state index in [9.17, 15) is 4.79 Å². The molecule has 19 heavy (non-hydrogen) atoms. The largest absolute Gasteiger partial charge is 0.485 e. The van der Waals surface area contributed by atoms with Crippen molar-refractivity contribution < 1.29 is 14.3 Å². The minimum atomic E-state index is -0.542. The zero-order valence-electron chi connectivity index (χ0n) is 10.5. The molecule has 0 saturated carbocycles. The first-order chi connectivity index (χ1) is 9.22. The molecular weight excluding hydrogens is 262 g/mol. The molecule has 0 N–H and O–H groups in total. The van der Waals surface area contributed by atoms with Gasteiger partial charge in [0.15, 0.2) is 23.4 Å². The van der Waals surface area contributed by atoms with Crippen molar-refractivity contribution in [3.63, 3.8) is 0 Å². The van der Waals surface area contributed by atoms with Gasteiger partial charge in [0.2, 0.25) is 0 Å². The zero-order valence-corrected chi connectivity index (χ0v) is 11.3. The molecule has 0 fully saturated rings. The number of aryl methyl sites for hydroxylation is 1. The number of fused-ring (bicyclic) bond motifs is 1. The average Bonchev–Trinajstić information content (AvgIpc) is 2.83. The number of carbonyl (C=O) groups excluding carboxylic acids is 1. The highest BCUT2D eigenvalue weighted by Gasteiger charge is 2.27. The molecule has 4 nitrogen and oxygen atoms in total. The van der Waals surface area contributed by atoms with Crippen LogP contribution in [0.5, 0.6) is 11.5 Å². The Labute approximate surface area is 115 Å². The number of Topliss-reactive ketones (excluding diaryl/α,β-unsaturated/α-hetero) is 1. The monoisotopic (exact) mass is 275 g/mol. The van der Waals surface area contributed by atoms with E-state index in [4.69, 9.17) is 9.47 Å². The fourth-order valence-corrected chi connectivity index (χ4v) is 2.71. The van der Waals surface area contributed by atoms with Crippen LogP contribution in [0.1, 0.15) is 10.7 Å². The van der Waals surface area contributed by atoms with Gasteiger partial charge in [0.1, 0.15) is 11.6 Å². The second-order valence-corrected chi connectivity index (χ2v) is 5.33. The van der Waals surface area contributed by atoms with E-state index >= 15 is 0 Å². The fraction of sp³-hybridized carbons (Fsp3) is 0.286. The van der Waals surface area contributed by atoms with Crippen LogP contribution in [0.3, 0.4) is 0 Å². The molecule has 1 aromatic heterocycles. The number of rotatable bonds is 3. The summed E-state index contributed by atoms with van der Waals surface area (Å²) in [5, 5.41) is 2.76. The van der Waals surface area contributed by atoms with E-state index < -0.39 is 6.10 Å². The van der Waals surface area contributed by atoms with Gasteiger partial charge in [-0.2, -0.15) is 0 Å². The van der Waals surface area contributed by atoms with Crippen molar-refractivity contribution in [3.05, 3.63) is 40.3 Å². The number of carbonyl (C=O) groups is 1. The summed E-state index contributed by atoms with van der Waals surface area (Å²) >= 11 is 1.50. The summed E-state index contributed by atoms with van der Waals surface area (Å²) in [7, 11) is 0. The lowest BCUT2D eigenvalue weighted by Gasteiger charge is -2.25. The normalized spacial score (nSPS) is 17.2.